The molecule has 0 bridgehead atoms. The minimum absolute atomic E-state index is 0.609. The highest BCUT2D eigenvalue weighted by molar-refractivity contribution is 5.76. The zero-order chi connectivity index (χ0) is 9.80. The number of nitrogens with zero attached hydrogens (tertiary/aromatic N) is 3. The van der Waals surface area contributed by atoms with E-state index in [9.17, 15) is 4.79 Å². The molecule has 0 spiro atoms. The van der Waals surface area contributed by atoms with Crippen LogP contribution in [0.3, 0.4) is 0 Å². The number of hydrogen-bond acceptors (Lipinski definition) is 4. The summed E-state index contributed by atoms with van der Waals surface area (Å²) in [4.78, 5) is 22.1. The van der Waals surface area contributed by atoms with Gasteiger partial charge in [-0.1, -0.05) is 24.3 Å². The molecule has 68 valence electrons. The fraction of sp³-hybridized carbons (Fsp3) is 0. The molecule has 0 aliphatic carbocycles. The van der Waals surface area contributed by atoms with Gasteiger partial charge in [-0.05, 0) is 0 Å². The first-order valence-corrected chi connectivity index (χ1v) is 4.08. The molecule has 0 aliphatic rings. The van der Waals surface area contributed by atoms with Crippen LogP contribution < -0.4 is 0 Å². The first kappa shape index (κ1) is 8.50. The third-order valence-corrected chi connectivity index (χ3v) is 1.80. The van der Waals surface area contributed by atoms with Crippen molar-refractivity contribution in [1.29, 1.82) is 0 Å². The molecule has 0 atom stereocenters. The molecule has 0 radical (unpaired) electrons. The highest BCUT2D eigenvalue weighted by Gasteiger charge is 1.98. The lowest BCUT2D eigenvalue weighted by molar-refractivity contribution is 0.112. The van der Waals surface area contributed by atoms with E-state index in [-0.39, 0.29) is 0 Å². The Bertz CT molecular complexity index is 425. The van der Waals surface area contributed by atoms with Crippen molar-refractivity contribution >= 4 is 6.29 Å². The molecule has 0 fully saturated rings. The molecular weight excluding hydrogens is 178 g/mol. The van der Waals surface area contributed by atoms with Crippen LogP contribution in [-0.2, 0) is 0 Å². The van der Waals surface area contributed by atoms with E-state index in [0.29, 0.717) is 11.4 Å². The standard InChI is InChI=1S/C10H7N3O/c14-5-8-1-3-9(4-2-8)10-12-6-11-7-13-10/h1-7H. The van der Waals surface area contributed by atoms with Gasteiger partial charge in [-0.2, -0.15) is 0 Å². The van der Waals surface area contributed by atoms with Crippen molar-refractivity contribution < 1.29 is 4.79 Å². The summed E-state index contributed by atoms with van der Waals surface area (Å²) in [6.45, 7) is 0. The van der Waals surface area contributed by atoms with E-state index in [1.165, 1.54) is 12.7 Å². The lowest BCUT2D eigenvalue weighted by atomic mass is 10.1. The second kappa shape index (κ2) is 3.74. The fourth-order valence-corrected chi connectivity index (χ4v) is 1.10. The van der Waals surface area contributed by atoms with Gasteiger partial charge in [0.15, 0.2) is 5.82 Å². The molecule has 14 heavy (non-hydrogen) atoms. The lowest BCUT2D eigenvalue weighted by Gasteiger charge is -1.97. The van der Waals surface area contributed by atoms with Crippen molar-refractivity contribution in [3.63, 3.8) is 0 Å². The van der Waals surface area contributed by atoms with Gasteiger partial charge >= 0.3 is 0 Å². The molecule has 2 aromatic rings. The number of hydrogen-bond donors (Lipinski definition) is 0. The molecule has 0 saturated heterocycles. The number of aldehydes is 1. The molecular formula is C10H7N3O. The molecule has 4 heteroatoms. The van der Waals surface area contributed by atoms with Crippen LogP contribution in [0.5, 0.6) is 0 Å². The Kier molecular flexibility index (Phi) is 2.27. The van der Waals surface area contributed by atoms with Crippen LogP contribution in [0.15, 0.2) is 36.9 Å². The molecule has 2 rings (SSSR count). The van der Waals surface area contributed by atoms with E-state index in [1.54, 1.807) is 24.3 Å². The molecule has 1 aromatic carbocycles. The molecule has 1 heterocycles. The largest absolute Gasteiger partial charge is 0.298 e. The van der Waals surface area contributed by atoms with E-state index < -0.39 is 0 Å². The molecule has 0 unspecified atom stereocenters. The smallest absolute Gasteiger partial charge is 0.162 e. The van der Waals surface area contributed by atoms with Crippen molar-refractivity contribution in [3.05, 3.63) is 42.5 Å². The van der Waals surface area contributed by atoms with Gasteiger partial charge in [0.2, 0.25) is 0 Å². The van der Waals surface area contributed by atoms with E-state index in [4.69, 9.17) is 0 Å². The molecule has 0 saturated carbocycles. The molecule has 0 amide bonds. The Labute approximate surface area is 80.7 Å². The van der Waals surface area contributed by atoms with Crippen molar-refractivity contribution in [3.8, 4) is 11.4 Å². The summed E-state index contributed by atoms with van der Waals surface area (Å²) in [6, 6.07) is 7.07. The third kappa shape index (κ3) is 1.64. The summed E-state index contributed by atoms with van der Waals surface area (Å²) < 4.78 is 0. The monoisotopic (exact) mass is 185 g/mol. The Morgan fingerprint density at radius 3 is 2.21 bits per heavy atom. The Hall–Kier alpha value is -2.10. The van der Waals surface area contributed by atoms with Gasteiger partial charge < -0.3 is 0 Å². The lowest BCUT2D eigenvalue weighted by Crippen LogP contribution is -1.89. The quantitative estimate of drug-likeness (QED) is 0.662. The van der Waals surface area contributed by atoms with Crippen LogP contribution in [0.1, 0.15) is 10.4 Å². The Morgan fingerprint density at radius 2 is 1.64 bits per heavy atom. The third-order valence-electron chi connectivity index (χ3n) is 1.80. The van der Waals surface area contributed by atoms with Crippen molar-refractivity contribution in [2.45, 2.75) is 0 Å². The summed E-state index contributed by atoms with van der Waals surface area (Å²) in [5.41, 5.74) is 1.51. The summed E-state index contributed by atoms with van der Waals surface area (Å²) in [6.07, 6.45) is 3.68. The van der Waals surface area contributed by atoms with Gasteiger partial charge in [-0.3, -0.25) is 4.79 Å². The van der Waals surface area contributed by atoms with Gasteiger partial charge in [0.05, 0.1) is 0 Å². The maximum Gasteiger partial charge on any atom is 0.162 e. The normalized spacial score (nSPS) is 9.71. The number of rotatable bonds is 2. The molecule has 4 nitrogen and oxygen atoms in total. The number of carbonyl (C=O) groups excluding carboxylic acids is 1. The highest BCUT2D eigenvalue weighted by Crippen LogP contribution is 2.13. The van der Waals surface area contributed by atoms with E-state index >= 15 is 0 Å². The minimum Gasteiger partial charge on any atom is -0.298 e. The average molecular weight is 185 g/mol. The van der Waals surface area contributed by atoms with Gasteiger partial charge in [-0.25, -0.2) is 15.0 Å². The predicted octanol–water partition coefficient (Wildman–Crippen LogP) is 1.35. The van der Waals surface area contributed by atoms with Crippen LogP contribution in [0.25, 0.3) is 11.4 Å². The molecule has 0 aliphatic heterocycles. The topological polar surface area (TPSA) is 55.7 Å². The Balaban J connectivity index is 2.39. The maximum absolute atomic E-state index is 10.4. The van der Waals surface area contributed by atoms with Crippen molar-refractivity contribution in [1.82, 2.24) is 15.0 Å². The zero-order valence-electron chi connectivity index (χ0n) is 7.29. The molecule has 1 aromatic heterocycles. The number of aromatic nitrogens is 3. The Morgan fingerprint density at radius 1 is 1.00 bits per heavy atom. The van der Waals surface area contributed by atoms with Crippen LogP contribution in [0.4, 0.5) is 0 Å². The first-order chi connectivity index (χ1) is 6.90. The van der Waals surface area contributed by atoms with E-state index in [1.807, 2.05) is 0 Å². The van der Waals surface area contributed by atoms with E-state index in [2.05, 4.69) is 15.0 Å². The van der Waals surface area contributed by atoms with Crippen LogP contribution in [-0.4, -0.2) is 21.2 Å². The molecule has 0 N–H and O–H groups in total. The first-order valence-electron chi connectivity index (χ1n) is 4.08. The number of benzene rings is 1. The predicted molar refractivity (Wildman–Crippen MR) is 50.7 cm³/mol. The minimum atomic E-state index is 0.609. The SMILES string of the molecule is O=Cc1ccc(-c2ncncn2)cc1. The summed E-state index contributed by atoms with van der Waals surface area (Å²) in [7, 11) is 0. The highest BCUT2D eigenvalue weighted by atomic mass is 16.1. The summed E-state index contributed by atoms with van der Waals surface area (Å²) in [5.74, 6) is 0.609. The second-order valence-electron chi connectivity index (χ2n) is 2.70. The second-order valence-corrected chi connectivity index (χ2v) is 2.70. The summed E-state index contributed by atoms with van der Waals surface area (Å²) >= 11 is 0. The van der Waals surface area contributed by atoms with Crippen LogP contribution >= 0.6 is 0 Å². The van der Waals surface area contributed by atoms with Gasteiger partial charge in [0, 0.05) is 11.1 Å². The average Bonchev–Trinajstić information content (AvgIpc) is 2.30. The van der Waals surface area contributed by atoms with Gasteiger partial charge in [0.25, 0.3) is 0 Å². The van der Waals surface area contributed by atoms with Gasteiger partial charge in [-0.15, -0.1) is 0 Å². The fourth-order valence-electron chi connectivity index (χ4n) is 1.10. The van der Waals surface area contributed by atoms with E-state index in [0.717, 1.165) is 11.8 Å². The summed E-state index contributed by atoms with van der Waals surface area (Å²) in [5, 5.41) is 0. The van der Waals surface area contributed by atoms with Crippen molar-refractivity contribution in [2.75, 3.05) is 0 Å². The number of carbonyl (C=O) groups is 1. The maximum atomic E-state index is 10.4. The van der Waals surface area contributed by atoms with Gasteiger partial charge in [0.1, 0.15) is 18.9 Å². The zero-order valence-corrected chi connectivity index (χ0v) is 7.29. The van der Waals surface area contributed by atoms with Crippen LogP contribution in [0.2, 0.25) is 0 Å². The van der Waals surface area contributed by atoms with Crippen LogP contribution in [0, 0.1) is 0 Å². The van der Waals surface area contributed by atoms with Crippen molar-refractivity contribution in [2.24, 2.45) is 0 Å².